The van der Waals surface area contributed by atoms with Crippen LogP contribution in [0.15, 0.2) is 49.1 Å². The molecular formula is C11H12F3N3O2. The van der Waals surface area contributed by atoms with Gasteiger partial charge in [-0.2, -0.15) is 13.2 Å². The normalized spacial score (nSPS) is 9.42. The van der Waals surface area contributed by atoms with Crippen LogP contribution in [0.3, 0.4) is 0 Å². The van der Waals surface area contributed by atoms with E-state index in [-0.39, 0.29) is 0 Å². The minimum Gasteiger partial charge on any atom is -0.475 e. The standard InChI is InChI=1S/C5H5N.C4H6N2.C2HF3O2/c1-2-4-6-5-3-1;5-4-1-2-6-3-4;3-2(4,5)1(6)7/h1-5H;1-3,6H,5H2;(H,6,7). The van der Waals surface area contributed by atoms with Crippen LogP contribution in [-0.4, -0.2) is 27.2 Å². The monoisotopic (exact) mass is 275 g/mol. The summed E-state index contributed by atoms with van der Waals surface area (Å²) in [6.45, 7) is 0. The highest BCUT2D eigenvalue weighted by Gasteiger charge is 2.38. The SMILES string of the molecule is Nc1cc[nH]c1.O=C(O)C(F)(F)F.c1ccncc1. The Balaban J connectivity index is 0.000000256. The predicted octanol–water partition coefficient (Wildman–Crippen LogP) is 2.31. The largest absolute Gasteiger partial charge is 0.490 e. The Kier molecular flexibility index (Phi) is 7.43. The molecule has 0 aliphatic carbocycles. The van der Waals surface area contributed by atoms with Crippen LogP contribution in [0.2, 0.25) is 0 Å². The minimum atomic E-state index is -5.08. The van der Waals surface area contributed by atoms with Gasteiger partial charge in [-0.3, -0.25) is 4.98 Å². The van der Waals surface area contributed by atoms with E-state index in [0.29, 0.717) is 0 Å². The maximum atomic E-state index is 10.6. The van der Waals surface area contributed by atoms with Crippen LogP contribution in [0.5, 0.6) is 0 Å². The zero-order chi connectivity index (χ0) is 14.7. The Bertz CT molecular complexity index is 417. The van der Waals surface area contributed by atoms with Gasteiger partial charge in [0, 0.05) is 30.5 Å². The second kappa shape index (κ2) is 8.56. The molecule has 8 heteroatoms. The Labute approximate surface area is 106 Å². The first kappa shape index (κ1) is 16.5. The average molecular weight is 275 g/mol. The maximum Gasteiger partial charge on any atom is 0.490 e. The number of rotatable bonds is 0. The molecule has 19 heavy (non-hydrogen) atoms. The summed E-state index contributed by atoms with van der Waals surface area (Å²) in [7, 11) is 0. The number of nitrogens with one attached hydrogen (secondary N) is 1. The Hall–Kier alpha value is -2.51. The van der Waals surface area contributed by atoms with Gasteiger partial charge in [-0.15, -0.1) is 0 Å². The molecule has 2 heterocycles. The Morgan fingerprint density at radius 1 is 1.26 bits per heavy atom. The molecule has 0 aliphatic heterocycles. The molecule has 0 aliphatic rings. The van der Waals surface area contributed by atoms with Crippen LogP contribution in [0.25, 0.3) is 0 Å². The summed E-state index contributed by atoms with van der Waals surface area (Å²) in [5.41, 5.74) is 6.03. The second-order valence-electron chi connectivity index (χ2n) is 2.97. The summed E-state index contributed by atoms with van der Waals surface area (Å²) in [6.07, 6.45) is 1.94. The summed E-state index contributed by atoms with van der Waals surface area (Å²) in [5, 5.41) is 7.12. The highest BCUT2D eigenvalue weighted by Crippen LogP contribution is 2.13. The number of aromatic nitrogens is 2. The lowest BCUT2D eigenvalue weighted by Gasteiger charge is -1.93. The number of H-pyrrole nitrogens is 1. The van der Waals surface area contributed by atoms with E-state index >= 15 is 0 Å². The van der Waals surface area contributed by atoms with Gasteiger partial charge in [0.2, 0.25) is 0 Å². The Morgan fingerprint density at radius 3 is 1.89 bits per heavy atom. The summed E-state index contributed by atoms with van der Waals surface area (Å²) in [6, 6.07) is 7.52. The predicted molar refractivity (Wildman–Crippen MR) is 63.1 cm³/mol. The fourth-order valence-corrected chi connectivity index (χ4v) is 0.649. The van der Waals surface area contributed by atoms with Gasteiger partial charge >= 0.3 is 12.1 Å². The molecule has 0 saturated heterocycles. The first-order chi connectivity index (χ1) is 8.84. The third kappa shape index (κ3) is 10.4. The molecule has 0 radical (unpaired) electrons. The van der Waals surface area contributed by atoms with Crippen LogP contribution in [0, 0.1) is 0 Å². The molecule has 0 aromatic carbocycles. The number of nitrogen functional groups attached to an aromatic ring is 1. The van der Waals surface area contributed by atoms with Crippen molar-refractivity contribution in [3.05, 3.63) is 49.1 Å². The maximum absolute atomic E-state index is 10.6. The molecule has 2 aromatic heterocycles. The van der Waals surface area contributed by atoms with Gasteiger partial charge in [0.15, 0.2) is 0 Å². The fourth-order valence-electron chi connectivity index (χ4n) is 0.649. The topological polar surface area (TPSA) is 92.0 Å². The van der Waals surface area contributed by atoms with Crippen molar-refractivity contribution >= 4 is 11.7 Å². The summed E-state index contributed by atoms with van der Waals surface area (Å²) in [5.74, 6) is -2.76. The summed E-state index contributed by atoms with van der Waals surface area (Å²) < 4.78 is 31.7. The van der Waals surface area contributed by atoms with Gasteiger partial charge in [-0.05, 0) is 18.2 Å². The van der Waals surface area contributed by atoms with Gasteiger partial charge in [0.05, 0.1) is 0 Å². The van der Waals surface area contributed by atoms with Crippen molar-refractivity contribution in [2.24, 2.45) is 0 Å². The molecule has 0 amide bonds. The molecule has 0 spiro atoms. The number of carbonyl (C=O) groups is 1. The number of halogens is 3. The van der Waals surface area contributed by atoms with E-state index in [1.165, 1.54) is 0 Å². The third-order valence-electron chi connectivity index (χ3n) is 1.43. The first-order valence-electron chi connectivity index (χ1n) is 4.87. The number of aliphatic carboxylic acids is 1. The van der Waals surface area contributed by atoms with Crippen molar-refractivity contribution in [1.29, 1.82) is 0 Å². The molecule has 5 nitrogen and oxygen atoms in total. The highest BCUT2D eigenvalue weighted by molar-refractivity contribution is 5.73. The van der Waals surface area contributed by atoms with E-state index in [1.54, 1.807) is 30.9 Å². The quantitative estimate of drug-likeness (QED) is 0.688. The van der Waals surface area contributed by atoms with Gasteiger partial charge in [0.25, 0.3) is 0 Å². The van der Waals surface area contributed by atoms with Crippen molar-refractivity contribution in [1.82, 2.24) is 9.97 Å². The number of nitrogens with two attached hydrogens (primary N) is 1. The number of carboxylic acids is 1. The molecule has 4 N–H and O–H groups in total. The highest BCUT2D eigenvalue weighted by atomic mass is 19.4. The van der Waals surface area contributed by atoms with Crippen molar-refractivity contribution in [2.75, 3.05) is 5.73 Å². The van der Waals surface area contributed by atoms with Crippen molar-refractivity contribution in [3.8, 4) is 0 Å². The number of hydrogen-bond donors (Lipinski definition) is 3. The molecule has 0 atom stereocenters. The lowest BCUT2D eigenvalue weighted by Crippen LogP contribution is -2.21. The van der Waals surface area contributed by atoms with E-state index in [2.05, 4.69) is 9.97 Å². The number of carboxylic acid groups (broad SMARTS) is 1. The molecule has 2 aromatic rings. The first-order valence-corrected chi connectivity index (χ1v) is 4.87. The number of nitrogens with zero attached hydrogens (tertiary/aromatic N) is 1. The van der Waals surface area contributed by atoms with Crippen molar-refractivity contribution in [3.63, 3.8) is 0 Å². The van der Waals surface area contributed by atoms with Crippen molar-refractivity contribution in [2.45, 2.75) is 6.18 Å². The number of alkyl halides is 3. The Morgan fingerprint density at radius 2 is 1.79 bits per heavy atom. The summed E-state index contributed by atoms with van der Waals surface area (Å²) in [4.78, 5) is 15.5. The van der Waals surface area contributed by atoms with Gasteiger partial charge in [0.1, 0.15) is 0 Å². The smallest absolute Gasteiger partial charge is 0.475 e. The molecule has 0 fully saturated rings. The average Bonchev–Trinajstić information content (AvgIpc) is 2.83. The zero-order valence-electron chi connectivity index (χ0n) is 9.63. The van der Waals surface area contributed by atoms with Gasteiger partial charge < -0.3 is 15.8 Å². The van der Waals surface area contributed by atoms with E-state index in [1.807, 2.05) is 18.2 Å². The van der Waals surface area contributed by atoms with Crippen LogP contribution >= 0.6 is 0 Å². The molecule has 2 rings (SSSR count). The minimum absolute atomic E-state index is 0.787. The molecule has 0 saturated carbocycles. The molecule has 104 valence electrons. The lowest BCUT2D eigenvalue weighted by molar-refractivity contribution is -0.192. The van der Waals surface area contributed by atoms with E-state index in [9.17, 15) is 13.2 Å². The van der Waals surface area contributed by atoms with Crippen LogP contribution < -0.4 is 5.73 Å². The number of pyridine rings is 1. The van der Waals surface area contributed by atoms with Gasteiger partial charge in [-0.25, -0.2) is 4.79 Å². The zero-order valence-corrected chi connectivity index (χ0v) is 9.63. The van der Waals surface area contributed by atoms with E-state index < -0.39 is 12.1 Å². The van der Waals surface area contributed by atoms with E-state index in [0.717, 1.165) is 5.69 Å². The number of anilines is 1. The van der Waals surface area contributed by atoms with Crippen LogP contribution in [-0.2, 0) is 4.79 Å². The number of aromatic amines is 1. The molecular weight excluding hydrogens is 263 g/mol. The lowest BCUT2D eigenvalue weighted by atomic mass is 10.5. The van der Waals surface area contributed by atoms with Crippen LogP contribution in [0.4, 0.5) is 18.9 Å². The second-order valence-corrected chi connectivity index (χ2v) is 2.97. The third-order valence-corrected chi connectivity index (χ3v) is 1.43. The molecule has 0 bridgehead atoms. The van der Waals surface area contributed by atoms with Crippen molar-refractivity contribution < 1.29 is 23.1 Å². The van der Waals surface area contributed by atoms with Gasteiger partial charge in [-0.1, -0.05) is 6.07 Å². The molecule has 0 unspecified atom stereocenters. The fraction of sp³-hybridized carbons (Fsp3) is 0.0909. The van der Waals surface area contributed by atoms with Crippen LogP contribution in [0.1, 0.15) is 0 Å². The number of hydrogen-bond acceptors (Lipinski definition) is 3. The van der Waals surface area contributed by atoms with E-state index in [4.69, 9.17) is 15.6 Å². The summed E-state index contributed by atoms with van der Waals surface area (Å²) >= 11 is 0.